The minimum absolute atomic E-state index is 0.0191. The molecule has 1 amide bonds. The largest absolute Gasteiger partial charge is 0.496 e. The summed E-state index contributed by atoms with van der Waals surface area (Å²) >= 11 is 0. The summed E-state index contributed by atoms with van der Waals surface area (Å²) in [4.78, 5) is 17.1. The molecule has 2 aliphatic rings. The lowest BCUT2D eigenvalue weighted by molar-refractivity contribution is -0.139. The Morgan fingerprint density at radius 2 is 1.88 bits per heavy atom. The topological polar surface area (TPSA) is 71.7 Å². The van der Waals surface area contributed by atoms with E-state index in [1.165, 1.54) is 11.1 Å². The molecule has 4 rings (SSSR count). The van der Waals surface area contributed by atoms with Gasteiger partial charge in [-0.05, 0) is 58.2 Å². The van der Waals surface area contributed by atoms with Gasteiger partial charge in [0, 0.05) is 30.5 Å². The second kappa shape index (κ2) is 10.0. The molecule has 0 saturated carbocycles. The first-order valence-electron chi connectivity index (χ1n) is 12.0. The highest BCUT2D eigenvalue weighted by Gasteiger charge is 2.34. The first-order valence-corrected chi connectivity index (χ1v) is 12.0. The van der Waals surface area contributed by atoms with Crippen LogP contribution >= 0.6 is 0 Å². The minimum atomic E-state index is -0.0752. The van der Waals surface area contributed by atoms with Gasteiger partial charge in [0.05, 0.1) is 7.11 Å². The van der Waals surface area contributed by atoms with Crippen molar-refractivity contribution in [2.24, 2.45) is 5.92 Å². The van der Waals surface area contributed by atoms with Gasteiger partial charge >= 0.3 is 0 Å². The first kappa shape index (κ1) is 22.8. The Morgan fingerprint density at radius 3 is 2.59 bits per heavy atom. The number of methoxy groups -OCH3 is 1. The quantitative estimate of drug-likeness (QED) is 0.660. The Hall–Kier alpha value is -2.41. The maximum atomic E-state index is 12.7. The molecule has 2 fully saturated rings. The standard InChI is InChI=1S/C25H36N4O3/c1-17(2)25(30)29-12-6-5-7-21(29)24-27-26-23(32-24)19-10-13-28(14-11-19)16-20-15-18(3)8-9-22(20)31-4/h8-9,15,17,19,21H,5-7,10-14,16H2,1-4H3/t21-/m1/s1. The fraction of sp³-hybridized carbons (Fsp3) is 0.640. The Balaban J connectivity index is 1.38. The minimum Gasteiger partial charge on any atom is -0.496 e. The molecular weight excluding hydrogens is 404 g/mol. The number of aryl methyl sites for hydroxylation is 1. The van der Waals surface area contributed by atoms with Crippen molar-refractivity contribution in [2.45, 2.75) is 71.4 Å². The molecule has 0 spiro atoms. The molecule has 0 aliphatic carbocycles. The molecule has 1 aromatic heterocycles. The Labute approximate surface area is 191 Å². The number of nitrogens with zero attached hydrogens (tertiary/aromatic N) is 4. The number of carbonyl (C=O) groups excluding carboxylic acids is 1. The molecule has 1 atom stereocenters. The number of rotatable bonds is 6. The second-order valence-corrected chi connectivity index (χ2v) is 9.54. The Bertz CT molecular complexity index is 918. The van der Waals surface area contributed by atoms with Crippen LogP contribution in [0.3, 0.4) is 0 Å². The van der Waals surface area contributed by atoms with Crippen molar-refractivity contribution >= 4 is 5.91 Å². The van der Waals surface area contributed by atoms with E-state index in [1.807, 2.05) is 18.7 Å². The van der Waals surface area contributed by atoms with Gasteiger partial charge in [-0.3, -0.25) is 9.69 Å². The highest BCUT2D eigenvalue weighted by Crippen LogP contribution is 2.34. The molecule has 2 aliphatic heterocycles. The van der Waals surface area contributed by atoms with Crippen molar-refractivity contribution in [3.8, 4) is 5.75 Å². The highest BCUT2D eigenvalue weighted by atomic mass is 16.5. The molecule has 0 radical (unpaired) electrons. The van der Waals surface area contributed by atoms with E-state index in [4.69, 9.17) is 9.15 Å². The molecule has 174 valence electrons. The smallest absolute Gasteiger partial charge is 0.238 e. The van der Waals surface area contributed by atoms with Crippen molar-refractivity contribution < 1.29 is 13.9 Å². The lowest BCUT2D eigenvalue weighted by atomic mass is 9.96. The summed E-state index contributed by atoms with van der Waals surface area (Å²) in [6.07, 6.45) is 5.02. The van der Waals surface area contributed by atoms with E-state index in [-0.39, 0.29) is 23.8 Å². The number of carbonyl (C=O) groups is 1. The van der Waals surface area contributed by atoms with Gasteiger partial charge in [0.25, 0.3) is 0 Å². The molecule has 0 bridgehead atoms. The fourth-order valence-electron chi connectivity index (χ4n) is 4.94. The van der Waals surface area contributed by atoms with Gasteiger partial charge in [0.1, 0.15) is 11.8 Å². The molecule has 7 heteroatoms. The molecule has 0 unspecified atom stereocenters. The molecule has 7 nitrogen and oxygen atoms in total. The summed E-state index contributed by atoms with van der Waals surface area (Å²) in [5, 5.41) is 8.79. The van der Waals surface area contributed by atoms with Crippen LogP contribution in [0, 0.1) is 12.8 Å². The summed E-state index contributed by atoms with van der Waals surface area (Å²) in [7, 11) is 1.73. The van der Waals surface area contributed by atoms with Crippen molar-refractivity contribution in [2.75, 3.05) is 26.7 Å². The molecule has 32 heavy (non-hydrogen) atoms. The normalized spacial score (nSPS) is 20.7. The van der Waals surface area contributed by atoms with Gasteiger partial charge in [-0.25, -0.2) is 0 Å². The Morgan fingerprint density at radius 1 is 1.12 bits per heavy atom. The third kappa shape index (κ3) is 4.98. The van der Waals surface area contributed by atoms with E-state index in [1.54, 1.807) is 7.11 Å². The summed E-state index contributed by atoms with van der Waals surface area (Å²) < 4.78 is 11.7. The van der Waals surface area contributed by atoms with Gasteiger partial charge in [-0.15, -0.1) is 10.2 Å². The van der Waals surface area contributed by atoms with E-state index < -0.39 is 0 Å². The lowest BCUT2D eigenvalue weighted by Gasteiger charge is -2.34. The van der Waals surface area contributed by atoms with Gasteiger partial charge < -0.3 is 14.1 Å². The SMILES string of the molecule is COc1ccc(C)cc1CN1CCC(c2nnc([C@H]3CCCCN3C(=O)C(C)C)o2)CC1. The van der Waals surface area contributed by atoms with Crippen LogP contribution < -0.4 is 4.74 Å². The summed E-state index contributed by atoms with van der Waals surface area (Å²) in [6.45, 7) is 9.66. The van der Waals surface area contributed by atoms with Crippen LogP contribution in [0.4, 0.5) is 0 Å². The zero-order valence-electron chi connectivity index (χ0n) is 19.8. The number of likely N-dealkylation sites (tertiary alicyclic amines) is 2. The summed E-state index contributed by atoms with van der Waals surface area (Å²) in [5.74, 6) is 2.73. The average Bonchev–Trinajstić information content (AvgIpc) is 3.29. The van der Waals surface area contributed by atoms with Crippen LogP contribution in [-0.4, -0.2) is 52.6 Å². The van der Waals surface area contributed by atoms with Crippen molar-refractivity contribution in [1.29, 1.82) is 0 Å². The van der Waals surface area contributed by atoms with Crippen LogP contribution in [0.2, 0.25) is 0 Å². The monoisotopic (exact) mass is 440 g/mol. The third-order valence-corrected chi connectivity index (χ3v) is 6.79. The van der Waals surface area contributed by atoms with Crippen LogP contribution in [0.5, 0.6) is 5.75 Å². The van der Waals surface area contributed by atoms with E-state index in [0.717, 1.165) is 69.9 Å². The predicted octanol–water partition coefficient (Wildman–Crippen LogP) is 4.48. The zero-order valence-corrected chi connectivity index (χ0v) is 19.8. The molecule has 2 aromatic rings. The molecule has 1 aromatic carbocycles. The summed E-state index contributed by atoms with van der Waals surface area (Å²) in [6, 6.07) is 6.28. The number of ether oxygens (including phenoxy) is 1. The van der Waals surface area contributed by atoms with Crippen LogP contribution in [0.25, 0.3) is 0 Å². The number of hydrogen-bond acceptors (Lipinski definition) is 6. The van der Waals surface area contributed by atoms with E-state index in [9.17, 15) is 4.79 Å². The van der Waals surface area contributed by atoms with Crippen LogP contribution in [0.15, 0.2) is 22.6 Å². The zero-order chi connectivity index (χ0) is 22.7. The van der Waals surface area contributed by atoms with Gasteiger partial charge in [-0.1, -0.05) is 31.5 Å². The number of benzene rings is 1. The number of hydrogen-bond donors (Lipinski definition) is 0. The predicted molar refractivity (Wildman–Crippen MR) is 122 cm³/mol. The second-order valence-electron chi connectivity index (χ2n) is 9.54. The van der Waals surface area contributed by atoms with Gasteiger partial charge in [-0.2, -0.15) is 0 Å². The number of amides is 1. The highest BCUT2D eigenvalue weighted by molar-refractivity contribution is 5.78. The molecular formula is C25H36N4O3. The van der Waals surface area contributed by atoms with Crippen molar-refractivity contribution in [1.82, 2.24) is 20.0 Å². The third-order valence-electron chi connectivity index (χ3n) is 6.79. The van der Waals surface area contributed by atoms with E-state index in [2.05, 4.69) is 40.2 Å². The molecule has 0 N–H and O–H groups in total. The van der Waals surface area contributed by atoms with Gasteiger partial charge in [0.2, 0.25) is 17.7 Å². The molecule has 2 saturated heterocycles. The van der Waals surface area contributed by atoms with Crippen LogP contribution in [0.1, 0.15) is 80.8 Å². The fourth-order valence-corrected chi connectivity index (χ4v) is 4.94. The first-order chi connectivity index (χ1) is 15.5. The molecule has 3 heterocycles. The van der Waals surface area contributed by atoms with Crippen LogP contribution in [-0.2, 0) is 11.3 Å². The average molecular weight is 441 g/mol. The van der Waals surface area contributed by atoms with E-state index in [0.29, 0.717) is 5.89 Å². The van der Waals surface area contributed by atoms with E-state index >= 15 is 0 Å². The summed E-state index contributed by atoms with van der Waals surface area (Å²) in [5.41, 5.74) is 2.49. The van der Waals surface area contributed by atoms with Crippen molar-refractivity contribution in [3.05, 3.63) is 41.1 Å². The van der Waals surface area contributed by atoms with Gasteiger partial charge in [0.15, 0.2) is 0 Å². The van der Waals surface area contributed by atoms with Crippen molar-refractivity contribution in [3.63, 3.8) is 0 Å². The maximum Gasteiger partial charge on any atom is 0.238 e. The Kier molecular flexibility index (Phi) is 7.13. The maximum absolute atomic E-state index is 12.7. The number of piperidine rings is 2. The lowest BCUT2D eigenvalue weighted by Crippen LogP contribution is -2.40. The number of aromatic nitrogens is 2.